The van der Waals surface area contributed by atoms with Crippen molar-refractivity contribution in [1.82, 2.24) is 4.98 Å². The van der Waals surface area contributed by atoms with Crippen molar-refractivity contribution in [3.63, 3.8) is 0 Å². The lowest BCUT2D eigenvalue weighted by Crippen LogP contribution is -2.30. The first-order chi connectivity index (χ1) is 9.06. The molecule has 1 aromatic carbocycles. The fourth-order valence-electron chi connectivity index (χ4n) is 1.94. The van der Waals surface area contributed by atoms with Gasteiger partial charge >= 0.3 is 0 Å². The summed E-state index contributed by atoms with van der Waals surface area (Å²) in [5.41, 5.74) is 6.51. The van der Waals surface area contributed by atoms with Gasteiger partial charge in [-0.25, -0.2) is 4.98 Å². The fraction of sp³-hybridized carbons (Fsp3) is 0.231. The molecule has 19 heavy (non-hydrogen) atoms. The number of rotatable bonds is 3. The zero-order chi connectivity index (χ0) is 13.6. The Morgan fingerprint density at radius 3 is 3.05 bits per heavy atom. The summed E-state index contributed by atoms with van der Waals surface area (Å²) in [5, 5.41) is 11.5. The molecule has 3 N–H and O–H groups in total. The number of thiazole rings is 1. The molecule has 0 spiro atoms. The van der Waals surface area contributed by atoms with Crippen molar-refractivity contribution >= 4 is 48.8 Å². The normalized spacial score (nSPS) is 12.9. The van der Waals surface area contributed by atoms with Crippen LogP contribution in [0.1, 0.15) is 11.9 Å². The second-order valence-electron chi connectivity index (χ2n) is 4.33. The Kier molecular flexibility index (Phi) is 2.91. The molecule has 1 unspecified atom stereocenters. The van der Waals surface area contributed by atoms with E-state index in [2.05, 4.69) is 4.98 Å². The third kappa shape index (κ3) is 2.06. The summed E-state index contributed by atoms with van der Waals surface area (Å²) in [7, 11) is 0. The van der Waals surface area contributed by atoms with Crippen LogP contribution in [0, 0.1) is 12.3 Å². The van der Waals surface area contributed by atoms with E-state index in [9.17, 15) is 0 Å². The third-order valence-corrected chi connectivity index (χ3v) is 4.75. The number of nitrogens with zero attached hydrogens (tertiary/aromatic N) is 1. The van der Waals surface area contributed by atoms with Gasteiger partial charge in [0.25, 0.3) is 0 Å². The predicted molar refractivity (Wildman–Crippen MR) is 81.7 cm³/mol. The van der Waals surface area contributed by atoms with Crippen LogP contribution in [-0.2, 0) is 0 Å². The van der Waals surface area contributed by atoms with Crippen LogP contribution in [0.15, 0.2) is 17.5 Å². The number of aromatic nitrogens is 1. The summed E-state index contributed by atoms with van der Waals surface area (Å²) < 4.78 is 8.04. The quantitative estimate of drug-likeness (QED) is 0.573. The first-order valence-corrected chi connectivity index (χ1v) is 7.54. The van der Waals surface area contributed by atoms with Gasteiger partial charge in [-0.2, -0.15) is 0 Å². The van der Waals surface area contributed by atoms with Gasteiger partial charge in [-0.3, -0.25) is 5.41 Å². The molecule has 2 aromatic heterocycles. The molecule has 1 atom stereocenters. The van der Waals surface area contributed by atoms with Crippen LogP contribution in [0.4, 0.5) is 0 Å². The number of fused-ring (bicyclic) bond motifs is 3. The Hall–Kier alpha value is -1.66. The predicted octanol–water partition coefficient (Wildman–Crippen LogP) is 3.52. The van der Waals surface area contributed by atoms with E-state index in [0.717, 1.165) is 31.1 Å². The number of amidine groups is 1. The summed E-state index contributed by atoms with van der Waals surface area (Å²) in [6.07, 6.45) is -0.422. The second kappa shape index (κ2) is 4.47. The van der Waals surface area contributed by atoms with Gasteiger partial charge in [-0.1, -0.05) is 0 Å². The molecular weight excluding hydrogens is 278 g/mol. The van der Waals surface area contributed by atoms with E-state index < -0.39 is 6.10 Å². The molecule has 0 amide bonds. The number of ether oxygens (including phenoxy) is 1. The van der Waals surface area contributed by atoms with Crippen molar-refractivity contribution in [1.29, 1.82) is 5.41 Å². The molecule has 4 nitrogen and oxygen atoms in total. The average molecular weight is 291 g/mol. The van der Waals surface area contributed by atoms with Crippen molar-refractivity contribution < 1.29 is 4.74 Å². The Balaban J connectivity index is 2.21. The van der Waals surface area contributed by atoms with Crippen molar-refractivity contribution in [3.8, 4) is 5.75 Å². The molecule has 0 bridgehead atoms. The number of nitrogens with two attached hydrogens (primary N) is 1. The van der Waals surface area contributed by atoms with Crippen LogP contribution in [0.25, 0.3) is 20.3 Å². The number of benzene rings is 1. The van der Waals surface area contributed by atoms with Crippen LogP contribution in [0.2, 0.25) is 0 Å². The number of aryl methyl sites for hydroxylation is 1. The minimum Gasteiger partial charge on any atom is -0.482 e. The van der Waals surface area contributed by atoms with E-state index >= 15 is 0 Å². The molecule has 0 aliphatic heterocycles. The Morgan fingerprint density at radius 1 is 1.53 bits per heavy atom. The Bertz CT molecular complexity index is 775. The molecule has 0 saturated heterocycles. The average Bonchev–Trinajstić information content (AvgIpc) is 2.93. The zero-order valence-corrected chi connectivity index (χ0v) is 12.2. The van der Waals surface area contributed by atoms with Gasteiger partial charge in [0.2, 0.25) is 0 Å². The standard InChI is InChI=1S/C13H13N3OS2/c1-6(13(14)15)17-9-5-10-11(16-7(2)19-10)12-8(9)3-4-18-12/h3-6H,1-2H3,(H3,14,15). The third-order valence-electron chi connectivity index (χ3n) is 2.91. The number of hydrogen-bond donors (Lipinski definition) is 2. The van der Waals surface area contributed by atoms with E-state index in [1.165, 1.54) is 0 Å². The van der Waals surface area contributed by atoms with Gasteiger partial charge in [0.1, 0.15) is 11.6 Å². The largest absolute Gasteiger partial charge is 0.482 e. The van der Waals surface area contributed by atoms with Gasteiger partial charge < -0.3 is 10.5 Å². The Morgan fingerprint density at radius 2 is 2.32 bits per heavy atom. The summed E-state index contributed by atoms with van der Waals surface area (Å²) >= 11 is 3.31. The number of nitrogens with one attached hydrogen (secondary N) is 1. The van der Waals surface area contributed by atoms with Crippen LogP contribution < -0.4 is 10.5 Å². The molecule has 3 rings (SSSR count). The smallest absolute Gasteiger partial charge is 0.152 e. The monoisotopic (exact) mass is 291 g/mol. The van der Waals surface area contributed by atoms with E-state index in [0.29, 0.717) is 0 Å². The van der Waals surface area contributed by atoms with Crippen LogP contribution in [0.3, 0.4) is 0 Å². The van der Waals surface area contributed by atoms with E-state index in [-0.39, 0.29) is 5.84 Å². The first kappa shape index (κ1) is 12.4. The van der Waals surface area contributed by atoms with E-state index in [4.69, 9.17) is 15.9 Å². The van der Waals surface area contributed by atoms with E-state index in [1.807, 2.05) is 24.4 Å². The van der Waals surface area contributed by atoms with Gasteiger partial charge in [-0.05, 0) is 25.3 Å². The SMILES string of the molecule is Cc1nc2c(cc(OC(C)C(=N)N)c3ccsc32)s1. The Labute approximate surface area is 118 Å². The topological polar surface area (TPSA) is 72.0 Å². The maximum atomic E-state index is 7.43. The fourth-order valence-corrected chi connectivity index (χ4v) is 3.77. The van der Waals surface area contributed by atoms with Gasteiger partial charge in [0.15, 0.2) is 6.10 Å². The van der Waals surface area contributed by atoms with E-state index in [1.54, 1.807) is 29.6 Å². The first-order valence-electron chi connectivity index (χ1n) is 5.84. The summed E-state index contributed by atoms with van der Waals surface area (Å²) in [5.74, 6) is 0.805. The second-order valence-corrected chi connectivity index (χ2v) is 6.48. The molecule has 0 radical (unpaired) electrons. The number of thiophene rings is 1. The summed E-state index contributed by atoms with van der Waals surface area (Å²) in [4.78, 5) is 4.58. The lowest BCUT2D eigenvalue weighted by Gasteiger charge is -2.14. The molecule has 0 aliphatic rings. The summed E-state index contributed by atoms with van der Waals surface area (Å²) in [6.45, 7) is 3.78. The van der Waals surface area contributed by atoms with Crippen LogP contribution in [0.5, 0.6) is 5.75 Å². The van der Waals surface area contributed by atoms with Crippen molar-refractivity contribution in [2.24, 2.45) is 5.73 Å². The van der Waals surface area contributed by atoms with Crippen molar-refractivity contribution in [2.45, 2.75) is 20.0 Å². The maximum Gasteiger partial charge on any atom is 0.152 e. The van der Waals surface area contributed by atoms with Gasteiger partial charge in [0, 0.05) is 11.5 Å². The number of hydrogen-bond acceptors (Lipinski definition) is 5. The highest BCUT2D eigenvalue weighted by Gasteiger charge is 2.15. The van der Waals surface area contributed by atoms with Crippen molar-refractivity contribution in [2.75, 3.05) is 0 Å². The highest BCUT2D eigenvalue weighted by atomic mass is 32.1. The maximum absolute atomic E-state index is 7.43. The molecule has 2 heterocycles. The molecule has 98 valence electrons. The van der Waals surface area contributed by atoms with Crippen LogP contribution >= 0.6 is 22.7 Å². The molecule has 0 fully saturated rings. The molecular formula is C13H13N3OS2. The molecule has 0 aliphatic carbocycles. The lowest BCUT2D eigenvalue weighted by atomic mass is 10.2. The molecule has 0 saturated carbocycles. The van der Waals surface area contributed by atoms with Gasteiger partial charge in [-0.15, -0.1) is 22.7 Å². The summed E-state index contributed by atoms with van der Waals surface area (Å²) in [6, 6.07) is 4.02. The highest BCUT2D eigenvalue weighted by Crippen LogP contribution is 2.39. The lowest BCUT2D eigenvalue weighted by molar-refractivity contribution is 0.288. The highest BCUT2D eigenvalue weighted by molar-refractivity contribution is 7.21. The minimum absolute atomic E-state index is 0.0314. The van der Waals surface area contributed by atoms with Crippen LogP contribution in [-0.4, -0.2) is 16.9 Å². The molecule has 6 heteroatoms. The molecule has 3 aromatic rings. The van der Waals surface area contributed by atoms with Gasteiger partial charge in [0.05, 0.1) is 19.9 Å². The zero-order valence-electron chi connectivity index (χ0n) is 10.6. The van der Waals surface area contributed by atoms with Crippen molar-refractivity contribution in [3.05, 3.63) is 22.5 Å². The minimum atomic E-state index is -0.422.